The third kappa shape index (κ3) is 4.99. The topological polar surface area (TPSA) is 35.5 Å². The van der Waals surface area contributed by atoms with Crippen molar-refractivity contribution in [3.05, 3.63) is 29.6 Å². The molecule has 1 aromatic carbocycles. The van der Waals surface area contributed by atoms with E-state index in [2.05, 4.69) is 24.1 Å². The van der Waals surface area contributed by atoms with Crippen LogP contribution in [0.4, 0.5) is 4.39 Å². The van der Waals surface area contributed by atoms with Crippen molar-refractivity contribution in [2.75, 3.05) is 26.2 Å². The molecule has 1 aliphatic heterocycles. The summed E-state index contributed by atoms with van der Waals surface area (Å²) < 4.78 is 13.6. The molecule has 1 unspecified atom stereocenters. The summed E-state index contributed by atoms with van der Waals surface area (Å²) in [6, 6.07) is 5.01. The van der Waals surface area contributed by atoms with E-state index in [0.717, 1.165) is 38.2 Å². The standard InChI is InChI=1S/C15H23FN2O.2ClH/c1-3-11(2)15(18-8-6-17-7-9-18)12-4-5-14(19)13(16)10-12;;/h4-5,10-11,15,17,19H,3,6-9H2,1-2H3;2*1H/t11?,15-;;/m1../s1. The number of hydrogen-bond acceptors (Lipinski definition) is 3. The van der Waals surface area contributed by atoms with Crippen LogP contribution in [0.1, 0.15) is 31.9 Å². The number of nitrogens with one attached hydrogen (secondary N) is 1. The number of phenolic OH excluding ortho intramolecular Hbond substituents is 1. The van der Waals surface area contributed by atoms with Gasteiger partial charge in [-0.15, -0.1) is 24.8 Å². The zero-order valence-electron chi connectivity index (χ0n) is 12.5. The second-order valence-electron chi connectivity index (χ2n) is 5.33. The molecule has 2 atom stereocenters. The Balaban J connectivity index is 0.00000200. The fourth-order valence-electron chi connectivity index (χ4n) is 2.79. The van der Waals surface area contributed by atoms with Gasteiger partial charge in [-0.25, -0.2) is 4.39 Å². The summed E-state index contributed by atoms with van der Waals surface area (Å²) >= 11 is 0. The number of piperazine rings is 1. The summed E-state index contributed by atoms with van der Waals surface area (Å²) in [6.07, 6.45) is 1.05. The molecular weight excluding hydrogens is 314 g/mol. The lowest BCUT2D eigenvalue weighted by Gasteiger charge is -2.38. The van der Waals surface area contributed by atoms with Crippen LogP contribution in [0.5, 0.6) is 5.75 Å². The van der Waals surface area contributed by atoms with Crippen molar-refractivity contribution < 1.29 is 9.50 Å². The first-order valence-corrected chi connectivity index (χ1v) is 7.06. The van der Waals surface area contributed by atoms with E-state index in [1.54, 1.807) is 0 Å². The molecule has 3 nitrogen and oxygen atoms in total. The zero-order valence-corrected chi connectivity index (χ0v) is 14.1. The van der Waals surface area contributed by atoms with E-state index in [4.69, 9.17) is 0 Å². The highest BCUT2D eigenvalue weighted by Gasteiger charge is 2.26. The molecule has 2 N–H and O–H groups in total. The van der Waals surface area contributed by atoms with Gasteiger partial charge in [-0.1, -0.05) is 26.3 Å². The molecule has 2 rings (SSSR count). The number of nitrogens with zero attached hydrogens (tertiary/aromatic N) is 1. The highest BCUT2D eigenvalue weighted by atomic mass is 35.5. The van der Waals surface area contributed by atoms with E-state index in [1.165, 1.54) is 12.1 Å². The van der Waals surface area contributed by atoms with E-state index in [0.29, 0.717) is 5.92 Å². The molecule has 0 spiro atoms. The average molecular weight is 339 g/mol. The molecule has 1 saturated heterocycles. The zero-order chi connectivity index (χ0) is 13.8. The van der Waals surface area contributed by atoms with Crippen molar-refractivity contribution >= 4 is 24.8 Å². The molecule has 1 heterocycles. The number of phenols is 1. The Kier molecular flexibility index (Phi) is 9.22. The molecule has 1 aliphatic rings. The molecule has 0 bridgehead atoms. The van der Waals surface area contributed by atoms with E-state index < -0.39 is 5.82 Å². The molecular formula is C15H25Cl2FN2O. The fourth-order valence-corrected chi connectivity index (χ4v) is 2.79. The van der Waals surface area contributed by atoms with Gasteiger partial charge in [0.2, 0.25) is 0 Å². The lowest BCUT2D eigenvalue weighted by molar-refractivity contribution is 0.128. The minimum absolute atomic E-state index is 0. The van der Waals surface area contributed by atoms with Gasteiger partial charge < -0.3 is 10.4 Å². The minimum atomic E-state index is -0.527. The normalized spacial score (nSPS) is 18.2. The Bertz CT molecular complexity index is 428. The molecule has 122 valence electrons. The van der Waals surface area contributed by atoms with Crippen molar-refractivity contribution in [1.29, 1.82) is 0 Å². The monoisotopic (exact) mass is 338 g/mol. The third-order valence-corrected chi connectivity index (χ3v) is 4.04. The van der Waals surface area contributed by atoms with Crippen LogP contribution in [-0.2, 0) is 0 Å². The first kappa shape index (κ1) is 20.5. The molecule has 0 radical (unpaired) electrons. The van der Waals surface area contributed by atoms with Crippen molar-refractivity contribution in [2.45, 2.75) is 26.3 Å². The van der Waals surface area contributed by atoms with Crippen LogP contribution >= 0.6 is 24.8 Å². The van der Waals surface area contributed by atoms with E-state index >= 15 is 0 Å². The van der Waals surface area contributed by atoms with Crippen LogP contribution in [0.25, 0.3) is 0 Å². The Morgan fingerprint density at radius 2 is 1.90 bits per heavy atom. The second kappa shape index (κ2) is 9.46. The number of rotatable bonds is 4. The maximum Gasteiger partial charge on any atom is 0.165 e. The van der Waals surface area contributed by atoms with Gasteiger partial charge in [0.25, 0.3) is 0 Å². The van der Waals surface area contributed by atoms with Gasteiger partial charge in [0.1, 0.15) is 0 Å². The van der Waals surface area contributed by atoms with Crippen molar-refractivity contribution in [3.63, 3.8) is 0 Å². The first-order chi connectivity index (χ1) is 9.13. The maximum atomic E-state index is 13.6. The molecule has 6 heteroatoms. The Morgan fingerprint density at radius 1 is 1.29 bits per heavy atom. The maximum absolute atomic E-state index is 13.6. The summed E-state index contributed by atoms with van der Waals surface area (Å²) in [5.41, 5.74) is 0.964. The summed E-state index contributed by atoms with van der Waals surface area (Å²) in [6.45, 7) is 8.30. The number of halogens is 3. The highest BCUT2D eigenvalue weighted by Crippen LogP contribution is 2.32. The quantitative estimate of drug-likeness (QED) is 0.883. The molecule has 1 fully saturated rings. The molecule has 0 aromatic heterocycles. The van der Waals surface area contributed by atoms with Crippen LogP contribution in [0, 0.1) is 11.7 Å². The number of aromatic hydroxyl groups is 1. The predicted octanol–water partition coefficient (Wildman–Crippen LogP) is 3.37. The van der Waals surface area contributed by atoms with Crippen molar-refractivity contribution in [1.82, 2.24) is 10.2 Å². The van der Waals surface area contributed by atoms with Crippen molar-refractivity contribution in [3.8, 4) is 5.75 Å². The predicted molar refractivity (Wildman–Crippen MR) is 89.2 cm³/mol. The van der Waals surface area contributed by atoms with Gasteiger partial charge in [-0.2, -0.15) is 0 Å². The van der Waals surface area contributed by atoms with Gasteiger partial charge in [0.15, 0.2) is 11.6 Å². The summed E-state index contributed by atoms with van der Waals surface area (Å²) in [5.74, 6) is -0.338. The molecule has 21 heavy (non-hydrogen) atoms. The summed E-state index contributed by atoms with van der Waals surface area (Å²) in [5, 5.41) is 12.7. The van der Waals surface area contributed by atoms with Crippen LogP contribution in [0.2, 0.25) is 0 Å². The van der Waals surface area contributed by atoms with Crippen molar-refractivity contribution in [2.24, 2.45) is 5.92 Å². The molecule has 1 aromatic rings. The van der Waals surface area contributed by atoms with Crippen LogP contribution in [-0.4, -0.2) is 36.2 Å². The van der Waals surface area contributed by atoms with Crippen LogP contribution < -0.4 is 5.32 Å². The van der Waals surface area contributed by atoms with Crippen LogP contribution in [0.15, 0.2) is 18.2 Å². The van der Waals surface area contributed by atoms with Gasteiger partial charge in [-0.3, -0.25) is 4.90 Å². The second-order valence-corrected chi connectivity index (χ2v) is 5.33. The SMILES string of the molecule is CCC(C)[C@H](c1ccc(O)c(F)c1)N1CCNCC1.Cl.Cl. The summed E-state index contributed by atoms with van der Waals surface area (Å²) in [4.78, 5) is 2.41. The first-order valence-electron chi connectivity index (χ1n) is 7.06. The minimum Gasteiger partial charge on any atom is -0.505 e. The fraction of sp³-hybridized carbons (Fsp3) is 0.600. The van der Waals surface area contributed by atoms with E-state index in [1.807, 2.05) is 6.07 Å². The third-order valence-electron chi connectivity index (χ3n) is 4.04. The highest BCUT2D eigenvalue weighted by molar-refractivity contribution is 5.85. The Morgan fingerprint density at radius 3 is 2.43 bits per heavy atom. The summed E-state index contributed by atoms with van der Waals surface area (Å²) in [7, 11) is 0. The van der Waals surface area contributed by atoms with Gasteiger partial charge in [0.05, 0.1) is 0 Å². The number of benzene rings is 1. The molecule has 0 amide bonds. The van der Waals surface area contributed by atoms with Crippen LogP contribution in [0.3, 0.4) is 0 Å². The van der Waals surface area contributed by atoms with Gasteiger partial charge in [0, 0.05) is 32.2 Å². The van der Waals surface area contributed by atoms with E-state index in [9.17, 15) is 9.50 Å². The van der Waals surface area contributed by atoms with E-state index in [-0.39, 0.29) is 36.6 Å². The molecule has 0 saturated carbocycles. The van der Waals surface area contributed by atoms with Gasteiger partial charge in [-0.05, 0) is 23.6 Å². The van der Waals surface area contributed by atoms with Gasteiger partial charge >= 0.3 is 0 Å². The lowest BCUT2D eigenvalue weighted by Crippen LogP contribution is -2.46. The average Bonchev–Trinajstić information content (AvgIpc) is 2.44. The largest absolute Gasteiger partial charge is 0.505 e. The Labute approximate surface area is 138 Å². The number of hydrogen-bond donors (Lipinski definition) is 2. The lowest BCUT2D eigenvalue weighted by atomic mass is 9.90. The Hall–Kier alpha value is -0.550. The molecule has 0 aliphatic carbocycles. The smallest absolute Gasteiger partial charge is 0.165 e.